The molecule has 3 saturated carbocycles. The number of carbonyl (C=O) groups is 2. The Morgan fingerprint density at radius 3 is 2.51 bits per heavy atom. The van der Waals surface area contributed by atoms with E-state index in [1.165, 1.54) is 0 Å². The molecule has 0 spiro atoms. The van der Waals surface area contributed by atoms with Gasteiger partial charge in [-0.05, 0) is 93.1 Å². The molecule has 5 rings (SSSR count). The number of hydrogen-bond donors (Lipinski definition) is 5. The maximum Gasteiger partial charge on any atom is 0.308 e. The Hall–Kier alpha value is -1.32. The topological polar surface area (TPSA) is 145 Å². The second-order valence-electron chi connectivity index (χ2n) is 13.6. The summed E-state index contributed by atoms with van der Waals surface area (Å²) in [5, 5.41) is 56.2. The highest BCUT2D eigenvalue weighted by molar-refractivity contribution is 5.95. The predicted octanol–water partition coefficient (Wildman–Crippen LogP) is 1.89. The van der Waals surface area contributed by atoms with Crippen molar-refractivity contribution in [2.45, 2.75) is 109 Å². The summed E-state index contributed by atoms with van der Waals surface area (Å²) in [7, 11) is 0. The minimum Gasteiger partial charge on any atom is -0.465 e. The largest absolute Gasteiger partial charge is 0.465 e. The zero-order valence-electron chi connectivity index (χ0n) is 22.5. The number of ether oxygens (including phenoxy) is 1. The van der Waals surface area contributed by atoms with E-state index >= 15 is 0 Å². The Bertz CT molecular complexity index is 990. The van der Waals surface area contributed by atoms with E-state index in [0.29, 0.717) is 50.7 Å². The van der Waals surface area contributed by atoms with Gasteiger partial charge in [-0.25, -0.2) is 0 Å². The van der Waals surface area contributed by atoms with Crippen LogP contribution in [0.4, 0.5) is 0 Å². The molecule has 8 nitrogen and oxygen atoms in total. The van der Waals surface area contributed by atoms with Crippen LogP contribution in [-0.2, 0) is 14.3 Å². The Labute approximate surface area is 219 Å². The van der Waals surface area contributed by atoms with Gasteiger partial charge in [-0.2, -0.15) is 0 Å². The summed E-state index contributed by atoms with van der Waals surface area (Å²) in [5.41, 5.74) is -3.42. The van der Waals surface area contributed by atoms with Gasteiger partial charge < -0.3 is 30.3 Å². The third-order valence-corrected chi connectivity index (χ3v) is 11.8. The fourth-order valence-corrected chi connectivity index (χ4v) is 9.27. The highest BCUT2D eigenvalue weighted by Crippen LogP contribution is 2.68. The molecular weight excluding hydrogens is 476 g/mol. The van der Waals surface area contributed by atoms with Gasteiger partial charge in [-0.3, -0.25) is 9.59 Å². The van der Waals surface area contributed by atoms with Crippen LogP contribution >= 0.6 is 0 Å². The second-order valence-corrected chi connectivity index (χ2v) is 13.6. The molecule has 1 saturated heterocycles. The van der Waals surface area contributed by atoms with Crippen molar-refractivity contribution in [3.63, 3.8) is 0 Å². The molecule has 5 aliphatic rings. The SMILES string of the molecule is CC1C(=O)OCCC1CC(O)C(C)(O)C1CCC2(O)C3=CC(=O)C4CC(O)C(O)CC4(C)C3CCC12C. The maximum atomic E-state index is 13.3. The van der Waals surface area contributed by atoms with Gasteiger partial charge in [0.25, 0.3) is 0 Å². The highest BCUT2D eigenvalue weighted by atomic mass is 16.5. The summed E-state index contributed by atoms with van der Waals surface area (Å²) in [6.45, 7) is 7.75. The van der Waals surface area contributed by atoms with Crippen LogP contribution in [0.25, 0.3) is 0 Å². The molecule has 12 unspecified atom stereocenters. The molecular formula is C29H44O8. The number of allylic oxidation sites excluding steroid dienone is 1. The smallest absolute Gasteiger partial charge is 0.308 e. The molecule has 8 heteroatoms. The first-order valence-electron chi connectivity index (χ1n) is 14.1. The summed E-state index contributed by atoms with van der Waals surface area (Å²) in [6, 6.07) is 0. The van der Waals surface area contributed by atoms with E-state index in [2.05, 4.69) is 0 Å². The molecule has 37 heavy (non-hydrogen) atoms. The fraction of sp³-hybridized carbons (Fsp3) is 0.862. The van der Waals surface area contributed by atoms with Crippen LogP contribution in [0.3, 0.4) is 0 Å². The third-order valence-electron chi connectivity index (χ3n) is 11.8. The van der Waals surface area contributed by atoms with Crippen molar-refractivity contribution < 1.29 is 39.9 Å². The summed E-state index contributed by atoms with van der Waals surface area (Å²) < 4.78 is 5.13. The van der Waals surface area contributed by atoms with Crippen molar-refractivity contribution in [1.82, 2.24) is 0 Å². The van der Waals surface area contributed by atoms with Crippen molar-refractivity contribution in [2.75, 3.05) is 6.61 Å². The summed E-state index contributed by atoms with van der Waals surface area (Å²) in [6.07, 6.45) is 2.34. The highest BCUT2D eigenvalue weighted by Gasteiger charge is 2.69. The van der Waals surface area contributed by atoms with Gasteiger partial charge in [0.2, 0.25) is 0 Å². The van der Waals surface area contributed by atoms with Crippen LogP contribution in [0.5, 0.6) is 0 Å². The van der Waals surface area contributed by atoms with Crippen LogP contribution in [0.1, 0.15) is 79.1 Å². The monoisotopic (exact) mass is 520 g/mol. The number of hydrogen-bond acceptors (Lipinski definition) is 8. The Morgan fingerprint density at radius 1 is 1.11 bits per heavy atom. The van der Waals surface area contributed by atoms with Crippen molar-refractivity contribution in [1.29, 1.82) is 0 Å². The van der Waals surface area contributed by atoms with Crippen LogP contribution < -0.4 is 0 Å². The average molecular weight is 521 g/mol. The van der Waals surface area contributed by atoms with E-state index in [-0.39, 0.29) is 48.3 Å². The average Bonchev–Trinajstić information content (AvgIpc) is 3.11. The molecule has 12 atom stereocenters. The van der Waals surface area contributed by atoms with Gasteiger partial charge >= 0.3 is 5.97 Å². The molecule has 0 amide bonds. The third kappa shape index (κ3) is 3.80. The normalized spacial score (nSPS) is 50.2. The van der Waals surface area contributed by atoms with Crippen LogP contribution in [0.15, 0.2) is 11.6 Å². The molecule has 0 bridgehead atoms. The van der Waals surface area contributed by atoms with E-state index in [9.17, 15) is 35.1 Å². The van der Waals surface area contributed by atoms with E-state index in [0.717, 1.165) is 0 Å². The first kappa shape index (κ1) is 27.3. The lowest BCUT2D eigenvalue weighted by Crippen LogP contribution is -2.63. The predicted molar refractivity (Wildman–Crippen MR) is 134 cm³/mol. The molecule has 4 fully saturated rings. The van der Waals surface area contributed by atoms with Crippen LogP contribution in [-0.4, -0.2) is 73.4 Å². The molecule has 1 heterocycles. The van der Waals surface area contributed by atoms with Crippen molar-refractivity contribution in [2.24, 2.45) is 40.4 Å². The number of rotatable bonds is 4. The van der Waals surface area contributed by atoms with Gasteiger partial charge in [0.15, 0.2) is 5.78 Å². The van der Waals surface area contributed by atoms with Crippen LogP contribution in [0.2, 0.25) is 0 Å². The van der Waals surface area contributed by atoms with E-state index in [1.54, 1.807) is 19.9 Å². The van der Waals surface area contributed by atoms with E-state index < -0.39 is 46.3 Å². The minimum absolute atomic E-state index is 0.0878. The number of aliphatic hydroxyl groups is 5. The van der Waals surface area contributed by atoms with Crippen LogP contribution in [0, 0.1) is 40.4 Å². The van der Waals surface area contributed by atoms with Gasteiger partial charge in [-0.15, -0.1) is 0 Å². The lowest BCUT2D eigenvalue weighted by atomic mass is 9.45. The first-order valence-corrected chi connectivity index (χ1v) is 14.1. The summed E-state index contributed by atoms with van der Waals surface area (Å²) >= 11 is 0. The molecule has 5 N–H and O–H groups in total. The Kier molecular flexibility index (Phi) is 6.52. The van der Waals surface area contributed by atoms with Crippen molar-refractivity contribution >= 4 is 11.8 Å². The molecule has 0 radical (unpaired) electrons. The molecule has 0 aromatic carbocycles. The molecule has 208 valence electrons. The summed E-state index contributed by atoms with van der Waals surface area (Å²) in [4.78, 5) is 25.4. The van der Waals surface area contributed by atoms with Gasteiger partial charge in [0.1, 0.15) is 0 Å². The lowest BCUT2D eigenvalue weighted by molar-refractivity contribution is -0.180. The number of aliphatic hydroxyl groups excluding tert-OH is 3. The standard InChI is InChI=1S/C29H44O8/c1-15-16(7-10-37-25(15)34)11-24(33)28(4,35)23-6-9-29(36)18-12-20(30)19-13-21(31)22(32)14-26(19,2)17(18)5-8-27(23,29)3/h12,15-17,19,21-24,31-33,35-36H,5-11,13-14H2,1-4H3. The van der Waals surface area contributed by atoms with Gasteiger partial charge in [0.05, 0.1) is 42.0 Å². The number of carbonyl (C=O) groups excluding carboxylic acids is 2. The first-order chi connectivity index (χ1) is 17.2. The molecule has 0 aromatic heterocycles. The van der Waals surface area contributed by atoms with Crippen molar-refractivity contribution in [3.8, 4) is 0 Å². The number of cyclic esters (lactones) is 1. The number of ketones is 1. The van der Waals surface area contributed by atoms with Gasteiger partial charge in [0, 0.05) is 11.3 Å². The van der Waals surface area contributed by atoms with E-state index in [1.807, 2.05) is 13.8 Å². The zero-order chi connectivity index (χ0) is 27.1. The summed E-state index contributed by atoms with van der Waals surface area (Å²) in [5.74, 6) is -1.71. The Balaban J connectivity index is 1.43. The van der Waals surface area contributed by atoms with Gasteiger partial charge in [-0.1, -0.05) is 20.8 Å². The molecule has 0 aromatic rings. The quantitative estimate of drug-likeness (QED) is 0.354. The second kappa shape index (κ2) is 8.85. The fourth-order valence-electron chi connectivity index (χ4n) is 9.27. The number of esters is 1. The van der Waals surface area contributed by atoms with Crippen molar-refractivity contribution in [3.05, 3.63) is 11.6 Å². The maximum absolute atomic E-state index is 13.3. The Morgan fingerprint density at radius 2 is 1.81 bits per heavy atom. The number of fused-ring (bicyclic) bond motifs is 5. The van der Waals surface area contributed by atoms with E-state index in [4.69, 9.17) is 4.74 Å². The molecule has 1 aliphatic heterocycles. The minimum atomic E-state index is -1.50. The molecule has 4 aliphatic carbocycles. The lowest BCUT2D eigenvalue weighted by Gasteiger charge is -2.60. The zero-order valence-corrected chi connectivity index (χ0v) is 22.5.